The number of hydrogen-bond acceptors (Lipinski definition) is 13. The number of rotatable bonds is 19. The van der Waals surface area contributed by atoms with Gasteiger partial charge in [-0.05, 0) is 43.3 Å². The van der Waals surface area contributed by atoms with E-state index in [2.05, 4.69) is 41.5 Å². The van der Waals surface area contributed by atoms with E-state index in [0.29, 0.717) is 30.3 Å². The molecule has 2 aromatic carbocycles. The van der Waals surface area contributed by atoms with Crippen LogP contribution in [0.25, 0.3) is 0 Å². The monoisotopic (exact) mass is 736 g/mol. The molecule has 0 heterocycles. The summed E-state index contributed by atoms with van der Waals surface area (Å²) < 4.78 is 27.7. The lowest BCUT2D eigenvalue weighted by Crippen LogP contribution is -2.20. The van der Waals surface area contributed by atoms with Gasteiger partial charge in [-0.15, -0.1) is 0 Å². The number of carboxylic acids is 1. The third kappa shape index (κ3) is 22.5. The highest BCUT2D eigenvalue weighted by atomic mass is 33.1. The van der Waals surface area contributed by atoms with E-state index in [4.69, 9.17) is 39.0 Å². The minimum absolute atomic E-state index is 0. The molecule has 0 bridgehead atoms. The summed E-state index contributed by atoms with van der Waals surface area (Å²) in [4.78, 5) is 22.7. The minimum Gasteiger partial charge on any atom is -0.490 e. The molecule has 2 aromatic rings. The highest BCUT2D eigenvalue weighted by Crippen LogP contribution is 2.39. The van der Waals surface area contributed by atoms with E-state index in [-0.39, 0.29) is 72.4 Å². The fourth-order valence-electron chi connectivity index (χ4n) is 2.95. The first-order valence-electron chi connectivity index (χ1n) is 14.7. The van der Waals surface area contributed by atoms with Crippen LogP contribution < -0.4 is 9.47 Å². The highest BCUT2D eigenvalue weighted by molar-refractivity contribution is 8.77. The first-order chi connectivity index (χ1) is 21.7. The van der Waals surface area contributed by atoms with Gasteiger partial charge in [0.25, 0.3) is 0 Å². The molecule has 2 rings (SSSR count). The topological polar surface area (TPSA) is 141 Å². The van der Waals surface area contributed by atoms with Crippen molar-refractivity contribution in [2.45, 2.75) is 76.3 Å². The van der Waals surface area contributed by atoms with Crippen molar-refractivity contribution >= 4 is 55.1 Å². The van der Waals surface area contributed by atoms with Gasteiger partial charge in [0.2, 0.25) is 0 Å². The normalized spacial score (nSPS) is 12.5. The van der Waals surface area contributed by atoms with Crippen molar-refractivity contribution in [2.24, 2.45) is 0 Å². The van der Waals surface area contributed by atoms with E-state index < -0.39 is 5.97 Å². The average Bonchev–Trinajstić information content (AvgIpc) is 3.00. The molecule has 14 heteroatoms. The zero-order chi connectivity index (χ0) is 34.6. The Bertz CT molecular complexity index is 1150. The first-order valence-corrected chi connectivity index (χ1v) is 19.1. The second-order valence-electron chi connectivity index (χ2n) is 11.3. The molecule has 0 aliphatic heterocycles. The van der Waals surface area contributed by atoms with Gasteiger partial charge < -0.3 is 39.0 Å². The van der Waals surface area contributed by atoms with Gasteiger partial charge >= 0.3 is 11.9 Å². The molecule has 268 valence electrons. The van der Waals surface area contributed by atoms with Crippen LogP contribution in [-0.4, -0.2) is 93.9 Å². The van der Waals surface area contributed by atoms with E-state index in [1.165, 1.54) is 12.1 Å². The van der Waals surface area contributed by atoms with Crippen LogP contribution in [0.3, 0.4) is 0 Å². The van der Waals surface area contributed by atoms with E-state index in [9.17, 15) is 9.59 Å². The molecule has 0 aromatic heterocycles. The lowest BCUT2D eigenvalue weighted by Gasteiger charge is -2.22. The van der Waals surface area contributed by atoms with Gasteiger partial charge in [0.1, 0.15) is 35.6 Å². The van der Waals surface area contributed by atoms with Crippen molar-refractivity contribution in [3.63, 3.8) is 0 Å². The third-order valence-electron chi connectivity index (χ3n) is 4.80. The van der Waals surface area contributed by atoms with Gasteiger partial charge in [0, 0.05) is 9.49 Å². The Morgan fingerprint density at radius 1 is 0.745 bits per heavy atom. The summed E-state index contributed by atoms with van der Waals surface area (Å²) in [5.41, 5.74) is 0.179. The molecule has 0 radical (unpaired) electrons. The van der Waals surface area contributed by atoms with Crippen LogP contribution in [-0.2, 0) is 14.2 Å². The Morgan fingerprint density at radius 2 is 1.17 bits per heavy atom. The second kappa shape index (κ2) is 24.4. The largest absolute Gasteiger partial charge is 0.490 e. The number of ether oxygens (including phenoxy) is 5. The van der Waals surface area contributed by atoms with Crippen LogP contribution in [0.1, 0.15) is 76.6 Å². The number of carbonyl (C=O) groups excluding carboxylic acids is 1. The van der Waals surface area contributed by atoms with Crippen LogP contribution >= 0.6 is 43.2 Å². The summed E-state index contributed by atoms with van der Waals surface area (Å²) in [5.74, 6) is -0.289. The third-order valence-corrected chi connectivity index (χ3v) is 11.8. The van der Waals surface area contributed by atoms with Crippen LogP contribution in [0.5, 0.6) is 11.5 Å². The Kier molecular flexibility index (Phi) is 23.4. The molecule has 0 saturated carbocycles. The van der Waals surface area contributed by atoms with Gasteiger partial charge in [-0.2, -0.15) is 0 Å². The van der Waals surface area contributed by atoms with Gasteiger partial charge in [0.15, 0.2) is 0 Å². The maximum Gasteiger partial charge on any atom is 0.338 e. The summed E-state index contributed by atoms with van der Waals surface area (Å²) in [7, 11) is 6.48. The number of hydrogen-bond donors (Lipinski definition) is 3. The second-order valence-corrected chi connectivity index (χ2v) is 17.7. The highest BCUT2D eigenvalue weighted by Gasteiger charge is 2.20. The fraction of sp³-hybridized carbons (Fsp3) is 0.576. The Labute approximate surface area is 296 Å². The van der Waals surface area contributed by atoms with E-state index in [0.717, 1.165) is 0 Å². The van der Waals surface area contributed by atoms with E-state index in [1.807, 2.05) is 0 Å². The van der Waals surface area contributed by atoms with Crippen LogP contribution in [0.15, 0.2) is 48.5 Å². The van der Waals surface area contributed by atoms with Crippen molar-refractivity contribution in [2.75, 3.05) is 46.2 Å². The van der Waals surface area contributed by atoms with Crippen LogP contribution in [0.4, 0.5) is 0 Å². The van der Waals surface area contributed by atoms with Crippen molar-refractivity contribution < 1.29 is 48.6 Å². The maximum atomic E-state index is 11.8. The molecule has 0 spiro atoms. The number of aromatic carboxylic acids is 1. The molecule has 47 heavy (non-hydrogen) atoms. The molecular formula is C33H52O10S4. The van der Waals surface area contributed by atoms with Gasteiger partial charge in [-0.3, -0.25) is 0 Å². The summed E-state index contributed by atoms with van der Waals surface area (Å²) in [5, 5.41) is 26.8. The average molecular weight is 737 g/mol. The molecule has 0 aliphatic rings. The quantitative estimate of drug-likeness (QED) is 0.0738. The number of carbonyl (C=O) groups is 2. The van der Waals surface area contributed by atoms with Gasteiger partial charge in [-0.25, -0.2) is 9.59 Å². The van der Waals surface area contributed by atoms with Crippen molar-refractivity contribution in [3.8, 4) is 11.5 Å². The molecule has 3 N–H and O–H groups in total. The summed E-state index contributed by atoms with van der Waals surface area (Å²) in [6.07, 6.45) is 0. The van der Waals surface area contributed by atoms with Crippen molar-refractivity contribution in [1.29, 1.82) is 0 Å². The lowest BCUT2D eigenvalue weighted by molar-refractivity contribution is 0.0506. The van der Waals surface area contributed by atoms with Gasteiger partial charge in [0.05, 0.1) is 44.2 Å². The fourth-order valence-corrected chi connectivity index (χ4v) is 7.33. The smallest absolute Gasteiger partial charge is 0.338 e. The molecule has 2 unspecified atom stereocenters. The lowest BCUT2D eigenvalue weighted by atomic mass is 10.2. The molecule has 0 fully saturated rings. The molecule has 0 amide bonds. The van der Waals surface area contributed by atoms with Gasteiger partial charge in [-0.1, -0.05) is 104 Å². The SMILES string of the molecule is C.CC(C)(C)SSC(COc1cccc(C(=O)O)c1)OCCO.CCOC(=O)c1cccc(OCC(OCCO)SSC(C)(C)C)c1. The predicted octanol–water partition coefficient (Wildman–Crippen LogP) is 7.67. The molecule has 2 atom stereocenters. The number of aliphatic hydroxyl groups excluding tert-OH is 2. The minimum atomic E-state index is -0.990. The Balaban J connectivity index is 0.000000885. The van der Waals surface area contributed by atoms with Crippen molar-refractivity contribution in [1.82, 2.24) is 0 Å². The number of aliphatic hydroxyl groups is 2. The van der Waals surface area contributed by atoms with E-state index >= 15 is 0 Å². The Hall–Kier alpha value is -1.78. The maximum absolute atomic E-state index is 11.8. The number of esters is 1. The zero-order valence-electron chi connectivity index (χ0n) is 27.6. The van der Waals surface area contributed by atoms with Crippen LogP contribution in [0, 0.1) is 0 Å². The zero-order valence-corrected chi connectivity index (χ0v) is 30.8. The first kappa shape index (κ1) is 45.2. The molecule has 10 nitrogen and oxygen atoms in total. The standard InChI is InChI=1S/C17H26O5S2.C15H22O5S2.CH4/c1-5-20-16(19)13-7-6-8-14(11-13)22-12-15(21-10-9-18)23-24-17(2,3)4;1-15(2,3)22-21-13(19-8-7-16)10-20-12-6-4-5-11(9-12)14(17)18;/h6-8,11,15,18H,5,9-10,12H2,1-4H3;4-6,9,13,16H,7-8,10H2,1-3H3,(H,17,18);1H4. The van der Waals surface area contributed by atoms with E-state index in [1.54, 1.807) is 86.5 Å². The summed E-state index contributed by atoms with van der Waals surface area (Å²) in [6.45, 7) is 15.8. The van der Waals surface area contributed by atoms with Crippen molar-refractivity contribution in [3.05, 3.63) is 59.7 Å². The number of carboxylic acid groups (broad SMARTS) is 1. The number of benzene rings is 2. The predicted molar refractivity (Wildman–Crippen MR) is 197 cm³/mol. The summed E-state index contributed by atoms with van der Waals surface area (Å²) >= 11 is 0. The molecule has 0 aliphatic carbocycles. The van der Waals surface area contributed by atoms with Crippen LogP contribution in [0.2, 0.25) is 0 Å². The molecule has 0 saturated heterocycles. The summed E-state index contributed by atoms with van der Waals surface area (Å²) in [6, 6.07) is 13.2. The Morgan fingerprint density at radius 3 is 1.55 bits per heavy atom. The molecular weight excluding hydrogens is 685 g/mol.